The van der Waals surface area contributed by atoms with Crippen LogP contribution in [0.15, 0.2) is 34.8 Å². The smallest absolute Gasteiger partial charge is 0.127 e. The minimum atomic E-state index is 0.0244. The fourth-order valence-corrected chi connectivity index (χ4v) is 5.63. The van der Waals surface area contributed by atoms with Gasteiger partial charge in [-0.05, 0) is 67.9 Å². The molecule has 2 N–H and O–H groups in total. The van der Waals surface area contributed by atoms with Gasteiger partial charge in [-0.25, -0.2) is 0 Å². The van der Waals surface area contributed by atoms with E-state index >= 15 is 0 Å². The SMILES string of the molecule is COc1cc(Br)ccc1[C@@H]1c2ccc(NC3CCCCO3)c(C=N)c2C[C@@H](C)N1CC(C)C. The van der Waals surface area contributed by atoms with Gasteiger partial charge in [0.15, 0.2) is 0 Å². The van der Waals surface area contributed by atoms with E-state index in [0.29, 0.717) is 12.0 Å². The van der Waals surface area contributed by atoms with Crippen LogP contribution < -0.4 is 10.1 Å². The molecule has 0 spiro atoms. The normalized spacial score (nSPS) is 23.3. The van der Waals surface area contributed by atoms with Crippen molar-refractivity contribution in [2.45, 2.75) is 64.8 Å². The highest BCUT2D eigenvalue weighted by Gasteiger charge is 2.36. The van der Waals surface area contributed by atoms with E-state index < -0.39 is 0 Å². The van der Waals surface area contributed by atoms with Gasteiger partial charge >= 0.3 is 0 Å². The Morgan fingerprint density at radius 3 is 2.70 bits per heavy atom. The standard InChI is InChI=1S/C27H36BrN3O2/c1-17(2)16-31-18(3)13-22-20(27(31)21-9-8-19(28)14-25(21)32-4)10-11-24(23(22)15-29)30-26-7-5-6-12-33-26/h8-11,14-15,17-18,26-27,29-30H,5-7,12-13,16H2,1-4H3/t18-,26?,27+/m1/s1. The molecular weight excluding hydrogens is 478 g/mol. The van der Waals surface area contributed by atoms with Gasteiger partial charge in [0, 0.05) is 46.7 Å². The van der Waals surface area contributed by atoms with Crippen molar-refractivity contribution in [2.24, 2.45) is 5.92 Å². The van der Waals surface area contributed by atoms with Crippen LogP contribution >= 0.6 is 15.9 Å². The van der Waals surface area contributed by atoms with Crippen molar-refractivity contribution in [3.8, 4) is 5.75 Å². The average Bonchev–Trinajstić information content (AvgIpc) is 2.80. The number of fused-ring (bicyclic) bond motifs is 1. The second kappa shape index (κ2) is 10.6. The molecule has 5 nitrogen and oxygen atoms in total. The van der Waals surface area contributed by atoms with Crippen molar-refractivity contribution in [2.75, 3.05) is 25.6 Å². The predicted octanol–water partition coefficient (Wildman–Crippen LogP) is 6.39. The molecule has 0 radical (unpaired) electrons. The summed E-state index contributed by atoms with van der Waals surface area (Å²) in [6.45, 7) is 8.66. The quantitative estimate of drug-likeness (QED) is 0.421. The van der Waals surface area contributed by atoms with Gasteiger partial charge in [-0.2, -0.15) is 0 Å². The lowest BCUT2D eigenvalue weighted by Crippen LogP contribution is -2.45. The summed E-state index contributed by atoms with van der Waals surface area (Å²) in [6.07, 6.45) is 5.77. The molecule has 0 aliphatic carbocycles. The summed E-state index contributed by atoms with van der Waals surface area (Å²) in [6, 6.07) is 11.1. The van der Waals surface area contributed by atoms with Crippen molar-refractivity contribution >= 4 is 27.8 Å². The van der Waals surface area contributed by atoms with E-state index in [-0.39, 0.29) is 12.3 Å². The van der Waals surface area contributed by atoms with Crippen LogP contribution in [0.4, 0.5) is 5.69 Å². The molecule has 33 heavy (non-hydrogen) atoms. The van der Waals surface area contributed by atoms with Gasteiger partial charge in [-0.1, -0.05) is 41.9 Å². The van der Waals surface area contributed by atoms with Crippen molar-refractivity contribution in [3.05, 3.63) is 57.1 Å². The van der Waals surface area contributed by atoms with E-state index in [4.69, 9.17) is 14.9 Å². The third kappa shape index (κ3) is 5.13. The van der Waals surface area contributed by atoms with Crippen LogP contribution in [0, 0.1) is 11.3 Å². The van der Waals surface area contributed by atoms with Crippen molar-refractivity contribution < 1.29 is 9.47 Å². The van der Waals surface area contributed by atoms with Gasteiger partial charge in [0.05, 0.1) is 13.2 Å². The van der Waals surface area contributed by atoms with Crippen molar-refractivity contribution in [3.63, 3.8) is 0 Å². The Morgan fingerprint density at radius 1 is 1.24 bits per heavy atom. The zero-order valence-corrected chi connectivity index (χ0v) is 21.7. The predicted molar refractivity (Wildman–Crippen MR) is 139 cm³/mol. The topological polar surface area (TPSA) is 57.6 Å². The molecule has 6 heteroatoms. The second-order valence-corrected chi connectivity index (χ2v) is 10.6. The summed E-state index contributed by atoms with van der Waals surface area (Å²) in [4.78, 5) is 2.60. The molecule has 1 fully saturated rings. The molecule has 1 unspecified atom stereocenters. The monoisotopic (exact) mass is 513 g/mol. The van der Waals surface area contributed by atoms with Gasteiger partial charge in [-0.15, -0.1) is 0 Å². The summed E-state index contributed by atoms with van der Waals surface area (Å²) in [5, 5.41) is 11.9. The second-order valence-electron chi connectivity index (χ2n) is 9.67. The molecule has 0 amide bonds. The number of nitrogens with one attached hydrogen (secondary N) is 2. The minimum Gasteiger partial charge on any atom is -0.496 e. The number of ether oxygens (including phenoxy) is 2. The molecule has 3 atom stereocenters. The molecule has 0 aromatic heterocycles. The molecule has 2 aliphatic heterocycles. The number of methoxy groups -OCH3 is 1. The number of hydrogen-bond acceptors (Lipinski definition) is 5. The highest BCUT2D eigenvalue weighted by Crippen LogP contribution is 2.44. The van der Waals surface area contributed by atoms with Gasteiger partial charge in [0.1, 0.15) is 12.0 Å². The Hall–Kier alpha value is -1.89. The molecule has 2 heterocycles. The summed E-state index contributed by atoms with van der Waals surface area (Å²) in [5.41, 5.74) is 5.68. The van der Waals surface area contributed by atoms with Crippen molar-refractivity contribution in [1.82, 2.24) is 4.90 Å². The molecule has 4 rings (SSSR count). The van der Waals surface area contributed by atoms with E-state index in [2.05, 4.69) is 77.2 Å². The Morgan fingerprint density at radius 2 is 2.03 bits per heavy atom. The summed E-state index contributed by atoms with van der Waals surface area (Å²) < 4.78 is 12.8. The molecule has 2 aromatic carbocycles. The Labute approximate surface area is 206 Å². The van der Waals surface area contributed by atoms with Gasteiger partial charge in [-0.3, -0.25) is 4.90 Å². The maximum atomic E-state index is 8.30. The fourth-order valence-electron chi connectivity index (χ4n) is 5.29. The minimum absolute atomic E-state index is 0.0244. The number of rotatable bonds is 7. The van der Waals surface area contributed by atoms with Crippen LogP contribution in [0.1, 0.15) is 68.3 Å². The van der Waals surface area contributed by atoms with E-state index in [1.54, 1.807) is 7.11 Å². The van der Waals surface area contributed by atoms with Crippen molar-refractivity contribution in [1.29, 1.82) is 5.41 Å². The van der Waals surface area contributed by atoms with Crippen LogP contribution in [0.2, 0.25) is 0 Å². The van der Waals surface area contributed by atoms with E-state index in [0.717, 1.165) is 53.9 Å². The molecule has 2 aliphatic rings. The third-order valence-corrected chi connectivity index (χ3v) is 7.29. The lowest BCUT2D eigenvalue weighted by molar-refractivity contribution is 0.0343. The first kappa shape index (κ1) is 24.2. The van der Waals surface area contributed by atoms with E-state index in [1.807, 2.05) is 0 Å². The zero-order valence-electron chi connectivity index (χ0n) is 20.2. The van der Waals surface area contributed by atoms with E-state index in [9.17, 15) is 0 Å². The summed E-state index contributed by atoms with van der Waals surface area (Å²) in [5.74, 6) is 1.43. The summed E-state index contributed by atoms with van der Waals surface area (Å²) in [7, 11) is 1.74. The van der Waals surface area contributed by atoms with Crippen LogP contribution in [0.5, 0.6) is 5.75 Å². The van der Waals surface area contributed by atoms with Gasteiger partial charge < -0.3 is 20.2 Å². The van der Waals surface area contributed by atoms with Crippen LogP contribution in [0.25, 0.3) is 0 Å². The Bertz CT molecular complexity index is 988. The molecule has 1 saturated heterocycles. The first-order chi connectivity index (χ1) is 15.9. The maximum Gasteiger partial charge on any atom is 0.127 e. The number of benzene rings is 2. The third-order valence-electron chi connectivity index (χ3n) is 6.79. The molecule has 178 valence electrons. The van der Waals surface area contributed by atoms with Gasteiger partial charge in [0.2, 0.25) is 0 Å². The highest BCUT2D eigenvalue weighted by molar-refractivity contribution is 9.10. The lowest BCUT2D eigenvalue weighted by Gasteiger charge is -2.44. The molecular formula is C27H36BrN3O2. The number of halogens is 1. The highest BCUT2D eigenvalue weighted by atomic mass is 79.9. The van der Waals surface area contributed by atoms with Gasteiger partial charge in [0.25, 0.3) is 0 Å². The molecule has 2 aromatic rings. The first-order valence-electron chi connectivity index (χ1n) is 12.1. The molecule has 0 saturated carbocycles. The van der Waals surface area contributed by atoms with Crippen LogP contribution in [-0.2, 0) is 11.2 Å². The van der Waals surface area contributed by atoms with E-state index in [1.165, 1.54) is 29.3 Å². The maximum absolute atomic E-state index is 8.30. The lowest BCUT2D eigenvalue weighted by atomic mass is 9.81. The fraction of sp³-hybridized carbons (Fsp3) is 0.519. The Kier molecular flexibility index (Phi) is 7.77. The first-order valence-corrected chi connectivity index (χ1v) is 12.9. The summed E-state index contributed by atoms with van der Waals surface area (Å²) >= 11 is 3.60. The number of hydrogen-bond donors (Lipinski definition) is 2. The number of anilines is 1. The Balaban J connectivity index is 1.82. The molecule has 0 bridgehead atoms. The largest absolute Gasteiger partial charge is 0.496 e. The van der Waals surface area contributed by atoms with Crippen LogP contribution in [-0.4, -0.2) is 43.6 Å². The average molecular weight is 515 g/mol. The van der Waals surface area contributed by atoms with Crippen LogP contribution in [0.3, 0.4) is 0 Å². The number of nitrogens with zero attached hydrogens (tertiary/aromatic N) is 1. The zero-order chi connectivity index (χ0) is 23.5.